The predicted octanol–water partition coefficient (Wildman–Crippen LogP) is 4.63. The summed E-state index contributed by atoms with van der Waals surface area (Å²) in [5.74, 6) is 1.43. The van der Waals surface area contributed by atoms with Crippen LogP contribution in [0.2, 0.25) is 0 Å². The van der Waals surface area contributed by atoms with Crippen molar-refractivity contribution in [3.05, 3.63) is 47.4 Å². The van der Waals surface area contributed by atoms with Crippen molar-refractivity contribution in [3.8, 4) is 5.88 Å². The summed E-state index contributed by atoms with van der Waals surface area (Å²) in [5, 5.41) is 5.02. The number of aromatic nitrogens is 3. The molecule has 0 bridgehead atoms. The minimum atomic E-state index is -0.584. The molecule has 4 rings (SSSR count). The zero-order valence-electron chi connectivity index (χ0n) is 19.9. The number of nitrogens with zero attached hydrogens (tertiary/aromatic N) is 3. The van der Waals surface area contributed by atoms with E-state index in [1.165, 1.54) is 0 Å². The Balaban J connectivity index is 1.73. The maximum atomic E-state index is 12.3. The average Bonchev–Trinajstić information content (AvgIpc) is 2.76. The molecule has 0 saturated heterocycles. The number of ether oxygens (including phenoxy) is 2. The summed E-state index contributed by atoms with van der Waals surface area (Å²) in [6.07, 6.45) is 5.73. The highest BCUT2D eigenvalue weighted by molar-refractivity contribution is 5.93. The lowest BCUT2D eigenvalue weighted by Gasteiger charge is -2.30. The van der Waals surface area contributed by atoms with Gasteiger partial charge in [-0.05, 0) is 62.8 Å². The fourth-order valence-electron chi connectivity index (χ4n) is 3.91. The van der Waals surface area contributed by atoms with Crippen LogP contribution in [0.3, 0.4) is 0 Å². The van der Waals surface area contributed by atoms with Crippen LogP contribution in [-0.2, 0) is 16.7 Å². The van der Waals surface area contributed by atoms with Crippen LogP contribution in [0.5, 0.6) is 5.88 Å². The number of carbonyl (C=O) groups is 1. The molecule has 33 heavy (non-hydrogen) atoms. The van der Waals surface area contributed by atoms with Gasteiger partial charge < -0.3 is 20.5 Å². The maximum absolute atomic E-state index is 12.3. The summed E-state index contributed by atoms with van der Waals surface area (Å²) >= 11 is 0. The third-order valence-corrected chi connectivity index (χ3v) is 5.94. The van der Waals surface area contributed by atoms with Gasteiger partial charge in [0.15, 0.2) is 0 Å². The first-order valence-corrected chi connectivity index (χ1v) is 11.3. The Morgan fingerprint density at radius 2 is 1.97 bits per heavy atom. The van der Waals surface area contributed by atoms with Gasteiger partial charge in [-0.1, -0.05) is 13.8 Å². The summed E-state index contributed by atoms with van der Waals surface area (Å²) in [4.78, 5) is 26.0. The van der Waals surface area contributed by atoms with Crippen molar-refractivity contribution in [1.82, 2.24) is 15.0 Å². The molecule has 8 nitrogen and oxygen atoms in total. The highest BCUT2D eigenvalue weighted by Gasteiger charge is 2.33. The van der Waals surface area contributed by atoms with Crippen LogP contribution in [0.15, 0.2) is 30.6 Å². The topological polar surface area (TPSA) is 112 Å². The smallest absolute Gasteiger partial charge is 0.340 e. The molecule has 0 aromatic carbocycles. The number of rotatable bonds is 7. The van der Waals surface area contributed by atoms with Gasteiger partial charge in [0.1, 0.15) is 17.2 Å². The van der Waals surface area contributed by atoms with E-state index in [2.05, 4.69) is 34.1 Å². The molecule has 0 aliphatic carbocycles. The van der Waals surface area contributed by atoms with E-state index < -0.39 is 11.1 Å². The number of hydrogen-bond acceptors (Lipinski definition) is 8. The summed E-state index contributed by atoms with van der Waals surface area (Å²) in [5.41, 5.74) is 7.60. The molecule has 1 atom stereocenters. The van der Waals surface area contributed by atoms with E-state index in [1.54, 1.807) is 24.5 Å². The zero-order chi connectivity index (χ0) is 23.8. The molecule has 3 aromatic rings. The lowest BCUT2D eigenvalue weighted by molar-refractivity contribution is -0.00714. The number of nitrogens with one attached hydrogen (secondary N) is 1. The Hall–Kier alpha value is -3.26. The molecule has 0 saturated carbocycles. The van der Waals surface area contributed by atoms with Gasteiger partial charge in [-0.25, -0.2) is 19.7 Å². The largest absolute Gasteiger partial charge is 0.477 e. The van der Waals surface area contributed by atoms with Gasteiger partial charge in [-0.15, -0.1) is 0 Å². The highest BCUT2D eigenvalue weighted by Crippen LogP contribution is 2.34. The number of pyridine rings is 3. The normalized spacial score (nSPS) is 16.6. The Morgan fingerprint density at radius 1 is 1.18 bits per heavy atom. The van der Waals surface area contributed by atoms with Crippen molar-refractivity contribution in [2.75, 3.05) is 11.9 Å². The third kappa shape index (κ3) is 4.61. The van der Waals surface area contributed by atoms with Crippen molar-refractivity contribution < 1.29 is 14.3 Å². The van der Waals surface area contributed by atoms with Crippen molar-refractivity contribution in [3.63, 3.8) is 0 Å². The summed E-state index contributed by atoms with van der Waals surface area (Å²) in [6, 6.07) is 5.45. The van der Waals surface area contributed by atoms with E-state index in [4.69, 9.17) is 15.2 Å². The van der Waals surface area contributed by atoms with Crippen molar-refractivity contribution >= 4 is 28.4 Å². The van der Waals surface area contributed by atoms with Crippen molar-refractivity contribution in [2.45, 2.75) is 65.0 Å². The maximum Gasteiger partial charge on any atom is 0.340 e. The minimum Gasteiger partial charge on any atom is -0.477 e. The van der Waals surface area contributed by atoms with Gasteiger partial charge >= 0.3 is 5.97 Å². The molecule has 0 amide bonds. The van der Waals surface area contributed by atoms with Crippen molar-refractivity contribution in [1.29, 1.82) is 0 Å². The molecule has 0 unspecified atom stereocenters. The summed E-state index contributed by atoms with van der Waals surface area (Å²) in [6.45, 7) is 10.4. The average molecular weight is 450 g/mol. The third-order valence-electron chi connectivity index (χ3n) is 5.94. The number of nitrogens with two attached hydrogens (primary N) is 1. The van der Waals surface area contributed by atoms with E-state index in [0.29, 0.717) is 41.8 Å². The van der Waals surface area contributed by atoms with E-state index >= 15 is 0 Å². The highest BCUT2D eigenvalue weighted by atomic mass is 16.6. The molecule has 3 aromatic heterocycles. The summed E-state index contributed by atoms with van der Waals surface area (Å²) < 4.78 is 11.3. The molecule has 0 fully saturated rings. The molecule has 8 heteroatoms. The van der Waals surface area contributed by atoms with Crippen LogP contribution in [0.25, 0.3) is 10.8 Å². The SMILES string of the molecule is CCCOc1ncc([C@](C)(N)CC)c2cc(Nc3ccc4c(n3)CC(C)(C)OC4=O)ncc12. The Morgan fingerprint density at radius 3 is 2.70 bits per heavy atom. The molecule has 1 aliphatic rings. The molecule has 1 aliphatic heterocycles. The lowest BCUT2D eigenvalue weighted by Crippen LogP contribution is -2.36. The summed E-state index contributed by atoms with van der Waals surface area (Å²) in [7, 11) is 0. The minimum absolute atomic E-state index is 0.345. The van der Waals surface area contributed by atoms with Crippen LogP contribution in [-0.4, -0.2) is 33.1 Å². The second kappa shape index (κ2) is 8.59. The van der Waals surface area contributed by atoms with Crippen LogP contribution in [0.1, 0.15) is 69.1 Å². The van der Waals surface area contributed by atoms with E-state index in [9.17, 15) is 4.79 Å². The quantitative estimate of drug-likeness (QED) is 0.502. The number of cyclic esters (lactones) is 1. The number of esters is 1. The number of hydrogen-bond donors (Lipinski definition) is 2. The fourth-order valence-corrected chi connectivity index (χ4v) is 3.91. The van der Waals surface area contributed by atoms with E-state index in [0.717, 1.165) is 29.2 Å². The van der Waals surface area contributed by atoms with E-state index in [1.807, 2.05) is 26.8 Å². The Bertz CT molecular complexity index is 1210. The van der Waals surface area contributed by atoms with Gasteiger partial charge in [0.25, 0.3) is 0 Å². The molecule has 3 N–H and O–H groups in total. The first-order chi connectivity index (χ1) is 15.6. The standard InChI is InChI=1S/C25H31N5O3/c1-6-10-32-22-17-13-27-21(11-16(17)18(14-28-22)25(5,26)7-2)30-20-9-8-15-19(29-20)12-24(3,4)33-23(15)31/h8-9,11,13-14H,6-7,10,12,26H2,1-5H3,(H,27,29,30)/t25-/m1/s1. The Kier molecular flexibility index (Phi) is 5.97. The molecule has 0 spiro atoms. The fraction of sp³-hybridized carbons (Fsp3) is 0.440. The lowest BCUT2D eigenvalue weighted by atomic mass is 9.88. The predicted molar refractivity (Wildman–Crippen MR) is 128 cm³/mol. The second-order valence-corrected chi connectivity index (χ2v) is 9.35. The number of fused-ring (bicyclic) bond motifs is 2. The van der Waals surface area contributed by atoms with Crippen molar-refractivity contribution in [2.24, 2.45) is 5.73 Å². The first-order valence-electron chi connectivity index (χ1n) is 11.3. The van der Waals surface area contributed by atoms with Crippen LogP contribution in [0.4, 0.5) is 11.6 Å². The van der Waals surface area contributed by atoms with Gasteiger partial charge in [-0.2, -0.15) is 0 Å². The molecule has 0 radical (unpaired) electrons. The first kappa shape index (κ1) is 22.9. The van der Waals surface area contributed by atoms with Crippen LogP contribution < -0.4 is 15.8 Å². The molecular formula is C25H31N5O3. The number of carbonyl (C=O) groups excluding carboxylic acids is 1. The molecular weight excluding hydrogens is 418 g/mol. The van der Waals surface area contributed by atoms with Crippen LogP contribution in [0, 0.1) is 0 Å². The Labute approximate surface area is 193 Å². The zero-order valence-corrected chi connectivity index (χ0v) is 19.9. The number of anilines is 2. The second-order valence-electron chi connectivity index (χ2n) is 9.35. The van der Waals surface area contributed by atoms with Crippen LogP contribution >= 0.6 is 0 Å². The van der Waals surface area contributed by atoms with Gasteiger partial charge in [0.2, 0.25) is 5.88 Å². The molecule has 4 heterocycles. The monoisotopic (exact) mass is 449 g/mol. The van der Waals surface area contributed by atoms with Gasteiger partial charge in [0.05, 0.1) is 23.3 Å². The van der Waals surface area contributed by atoms with E-state index in [-0.39, 0.29) is 5.97 Å². The van der Waals surface area contributed by atoms with Gasteiger partial charge in [0, 0.05) is 24.4 Å². The van der Waals surface area contributed by atoms with Gasteiger partial charge in [-0.3, -0.25) is 0 Å². The molecule has 174 valence electrons.